The number of rotatable bonds is 4. The van der Waals surface area contributed by atoms with Crippen molar-refractivity contribution >= 4 is 15.9 Å². The van der Waals surface area contributed by atoms with Gasteiger partial charge in [-0.3, -0.25) is 0 Å². The van der Waals surface area contributed by atoms with Crippen LogP contribution in [0.15, 0.2) is 35.1 Å². The Hall–Kier alpha value is -1.29. The Morgan fingerprint density at radius 1 is 1.39 bits per heavy atom. The summed E-state index contributed by atoms with van der Waals surface area (Å²) < 4.78 is 8.77. The van der Waals surface area contributed by atoms with Crippen LogP contribution in [-0.4, -0.2) is 15.7 Å². The molecule has 0 aliphatic rings. The second-order valence-corrected chi connectivity index (χ2v) is 5.20. The van der Waals surface area contributed by atoms with Crippen molar-refractivity contribution in [2.75, 3.05) is 0 Å². The lowest BCUT2D eigenvalue weighted by molar-refractivity contribution is 0.241. The van der Waals surface area contributed by atoms with Gasteiger partial charge in [-0.05, 0) is 54.9 Å². The van der Waals surface area contributed by atoms with Crippen molar-refractivity contribution in [1.29, 1.82) is 0 Å². The van der Waals surface area contributed by atoms with Gasteiger partial charge < -0.3 is 9.30 Å². The van der Waals surface area contributed by atoms with Crippen molar-refractivity contribution in [1.82, 2.24) is 9.55 Å². The molecule has 0 N–H and O–H groups in total. The summed E-state index contributed by atoms with van der Waals surface area (Å²) in [7, 11) is 0. The smallest absolute Gasteiger partial charge is 0.139 e. The molecule has 0 bridgehead atoms. The third kappa shape index (κ3) is 2.75. The number of hydrogen-bond donors (Lipinski definition) is 0. The third-order valence-corrected chi connectivity index (χ3v) is 3.23. The zero-order valence-corrected chi connectivity index (χ0v) is 12.4. The molecule has 96 valence electrons. The summed E-state index contributed by atoms with van der Waals surface area (Å²) in [5.41, 5.74) is 1.09. The molecular formula is C14H17BrN2O. The second-order valence-electron chi connectivity index (χ2n) is 4.35. The molecule has 4 heteroatoms. The van der Waals surface area contributed by atoms with E-state index in [-0.39, 0.29) is 6.10 Å². The predicted octanol–water partition coefficient (Wildman–Crippen LogP) is 4.12. The first-order valence-electron chi connectivity index (χ1n) is 6.09. The molecule has 0 unspecified atom stereocenters. The van der Waals surface area contributed by atoms with Gasteiger partial charge in [-0.2, -0.15) is 0 Å². The molecule has 1 aromatic carbocycles. The van der Waals surface area contributed by atoms with Gasteiger partial charge in [-0.15, -0.1) is 0 Å². The first kappa shape index (κ1) is 13.1. The van der Waals surface area contributed by atoms with E-state index in [0.717, 1.165) is 28.2 Å². The van der Waals surface area contributed by atoms with E-state index in [4.69, 9.17) is 4.74 Å². The maximum absolute atomic E-state index is 5.70. The first-order valence-corrected chi connectivity index (χ1v) is 6.88. The summed E-state index contributed by atoms with van der Waals surface area (Å²) in [6, 6.07) is 6.07. The van der Waals surface area contributed by atoms with Crippen LogP contribution in [0.3, 0.4) is 0 Å². The lowest BCUT2D eigenvalue weighted by Crippen LogP contribution is -2.06. The maximum atomic E-state index is 5.70. The molecule has 0 spiro atoms. The molecule has 0 fully saturated rings. The molecular weight excluding hydrogens is 292 g/mol. The third-order valence-electron chi connectivity index (χ3n) is 2.61. The van der Waals surface area contributed by atoms with Crippen molar-refractivity contribution < 1.29 is 4.74 Å². The van der Waals surface area contributed by atoms with E-state index >= 15 is 0 Å². The van der Waals surface area contributed by atoms with Crippen molar-refractivity contribution in [2.45, 2.75) is 33.4 Å². The Kier molecular flexibility index (Phi) is 4.07. The van der Waals surface area contributed by atoms with Crippen LogP contribution in [0.4, 0.5) is 0 Å². The van der Waals surface area contributed by atoms with Gasteiger partial charge in [0.2, 0.25) is 0 Å². The number of aromatic nitrogens is 2. The molecule has 3 nitrogen and oxygen atoms in total. The van der Waals surface area contributed by atoms with Crippen LogP contribution in [0.2, 0.25) is 0 Å². The van der Waals surface area contributed by atoms with Crippen LogP contribution >= 0.6 is 15.9 Å². The normalized spacial score (nSPS) is 10.9. The molecule has 2 rings (SSSR count). The summed E-state index contributed by atoms with van der Waals surface area (Å²) in [6.07, 6.45) is 3.98. The van der Waals surface area contributed by atoms with Gasteiger partial charge in [0, 0.05) is 24.5 Å². The lowest BCUT2D eigenvalue weighted by Gasteiger charge is -2.12. The molecule has 1 aromatic heterocycles. The average molecular weight is 309 g/mol. The van der Waals surface area contributed by atoms with E-state index in [9.17, 15) is 0 Å². The summed E-state index contributed by atoms with van der Waals surface area (Å²) >= 11 is 3.55. The molecule has 0 aliphatic carbocycles. The fraction of sp³-hybridized carbons (Fsp3) is 0.357. The van der Waals surface area contributed by atoms with Crippen LogP contribution < -0.4 is 4.74 Å². The number of ether oxygens (including phenoxy) is 1. The largest absolute Gasteiger partial charge is 0.490 e. The highest BCUT2D eigenvalue weighted by Gasteiger charge is 2.09. The Bertz CT molecular complexity index is 534. The standard InChI is InChI=1S/C14H17BrN2O/c1-4-17-8-7-16-14(17)11-5-6-13(12(15)9-11)18-10(2)3/h5-10H,4H2,1-3H3. The number of aryl methyl sites for hydroxylation is 1. The first-order chi connectivity index (χ1) is 8.61. The summed E-state index contributed by atoms with van der Waals surface area (Å²) in [5.74, 6) is 1.85. The minimum atomic E-state index is 0.171. The van der Waals surface area contributed by atoms with E-state index < -0.39 is 0 Å². The SMILES string of the molecule is CCn1ccnc1-c1ccc(OC(C)C)c(Br)c1. The molecule has 0 saturated carbocycles. The van der Waals surface area contributed by atoms with E-state index in [2.05, 4.69) is 32.4 Å². The quantitative estimate of drug-likeness (QED) is 0.849. The Morgan fingerprint density at radius 2 is 2.17 bits per heavy atom. The van der Waals surface area contributed by atoms with Crippen molar-refractivity contribution in [3.63, 3.8) is 0 Å². The van der Waals surface area contributed by atoms with Gasteiger partial charge in [-0.1, -0.05) is 0 Å². The topological polar surface area (TPSA) is 27.1 Å². The van der Waals surface area contributed by atoms with Crippen molar-refractivity contribution in [3.8, 4) is 17.1 Å². The number of halogens is 1. The van der Waals surface area contributed by atoms with Gasteiger partial charge >= 0.3 is 0 Å². The zero-order chi connectivity index (χ0) is 13.1. The average Bonchev–Trinajstić information content (AvgIpc) is 2.79. The van der Waals surface area contributed by atoms with E-state index in [1.807, 2.05) is 44.4 Å². The molecule has 0 saturated heterocycles. The van der Waals surface area contributed by atoms with Crippen LogP contribution in [0.5, 0.6) is 5.75 Å². The zero-order valence-electron chi connectivity index (χ0n) is 10.9. The molecule has 0 radical (unpaired) electrons. The van der Waals surface area contributed by atoms with Gasteiger partial charge in [0.05, 0.1) is 10.6 Å². The molecule has 1 heterocycles. The molecule has 0 atom stereocenters. The fourth-order valence-corrected chi connectivity index (χ4v) is 2.29. The van der Waals surface area contributed by atoms with Gasteiger partial charge in [0.25, 0.3) is 0 Å². The van der Waals surface area contributed by atoms with Gasteiger partial charge in [-0.25, -0.2) is 4.98 Å². The highest BCUT2D eigenvalue weighted by molar-refractivity contribution is 9.10. The van der Waals surface area contributed by atoms with Crippen LogP contribution in [0.25, 0.3) is 11.4 Å². The summed E-state index contributed by atoms with van der Waals surface area (Å²) in [6.45, 7) is 7.06. The highest BCUT2D eigenvalue weighted by atomic mass is 79.9. The Balaban J connectivity index is 2.34. The number of imidazole rings is 1. The number of hydrogen-bond acceptors (Lipinski definition) is 2. The maximum Gasteiger partial charge on any atom is 0.139 e. The molecule has 2 aromatic rings. The Labute approximate surface area is 116 Å². The highest BCUT2D eigenvalue weighted by Crippen LogP contribution is 2.30. The minimum Gasteiger partial charge on any atom is -0.490 e. The molecule has 0 amide bonds. The van der Waals surface area contributed by atoms with Crippen LogP contribution in [0.1, 0.15) is 20.8 Å². The fourth-order valence-electron chi connectivity index (χ4n) is 1.81. The predicted molar refractivity (Wildman–Crippen MR) is 76.8 cm³/mol. The van der Waals surface area contributed by atoms with Crippen molar-refractivity contribution in [2.24, 2.45) is 0 Å². The summed E-state index contributed by atoms with van der Waals surface area (Å²) in [4.78, 5) is 4.39. The lowest BCUT2D eigenvalue weighted by atomic mass is 10.2. The van der Waals surface area contributed by atoms with E-state index in [0.29, 0.717) is 0 Å². The van der Waals surface area contributed by atoms with Gasteiger partial charge in [0.15, 0.2) is 0 Å². The van der Waals surface area contributed by atoms with Gasteiger partial charge in [0.1, 0.15) is 11.6 Å². The van der Waals surface area contributed by atoms with E-state index in [1.54, 1.807) is 0 Å². The Morgan fingerprint density at radius 3 is 2.78 bits per heavy atom. The minimum absolute atomic E-state index is 0.171. The molecule has 0 aliphatic heterocycles. The van der Waals surface area contributed by atoms with Crippen molar-refractivity contribution in [3.05, 3.63) is 35.1 Å². The second kappa shape index (κ2) is 5.57. The number of benzene rings is 1. The molecule has 18 heavy (non-hydrogen) atoms. The summed E-state index contributed by atoms with van der Waals surface area (Å²) in [5, 5.41) is 0. The number of nitrogens with zero attached hydrogens (tertiary/aromatic N) is 2. The van der Waals surface area contributed by atoms with Crippen LogP contribution in [0, 0.1) is 0 Å². The monoisotopic (exact) mass is 308 g/mol. The van der Waals surface area contributed by atoms with Crippen LogP contribution in [-0.2, 0) is 6.54 Å². The van der Waals surface area contributed by atoms with E-state index in [1.165, 1.54) is 0 Å².